The molecule has 4 atom stereocenters. The van der Waals surface area contributed by atoms with E-state index in [0.717, 1.165) is 6.07 Å². The average Bonchev–Trinajstić information content (AvgIpc) is 3.20. The van der Waals surface area contributed by atoms with Crippen molar-refractivity contribution in [3.8, 4) is 11.3 Å². The SMILES string of the molecule is Cc1cc(C(F)(F)F)nc(-c2ccnc3cc(CN4C(=O)C5C(C4=O)C5(C)C)sc23)c1C(=O)N1[C@@H](C)CNC[C@@H]1C.O=C(O)C(F)(F)F. The Morgan fingerprint density at radius 3 is 2.12 bits per heavy atom. The molecule has 2 saturated heterocycles. The molecule has 0 bridgehead atoms. The second-order valence-corrected chi connectivity index (χ2v) is 13.9. The van der Waals surface area contributed by atoms with Gasteiger partial charge < -0.3 is 15.3 Å². The minimum atomic E-state index is -5.08. The standard InChI is InChI=1S/C29H30F3N5O3S.C2HF3O2/c1-13-8-19(29(30,31)32)35-23(20(13)25(38)37-14(2)10-33-11-15(37)3)17-6-7-34-18-9-16(41-24(17)18)12-36-26(39)21-22(27(36)40)28(21,4)5;3-2(4,5)1(6)7/h6-9,14-15,21-22,33H,10-12H2,1-5H3;(H,6,7)/t14-,15-,21?,22?;/m0./s1. The van der Waals surface area contributed by atoms with Crippen LogP contribution in [-0.2, 0) is 27.1 Å². The molecule has 2 aliphatic heterocycles. The monoisotopic (exact) mass is 699 g/mol. The number of hydrogen-bond donors (Lipinski definition) is 2. The number of carbonyl (C=O) groups is 4. The molecule has 258 valence electrons. The third kappa shape index (κ3) is 6.24. The topological polar surface area (TPSA) is 133 Å². The van der Waals surface area contributed by atoms with E-state index in [4.69, 9.17) is 9.90 Å². The minimum absolute atomic E-state index is 0.0580. The van der Waals surface area contributed by atoms with E-state index in [1.165, 1.54) is 29.4 Å². The summed E-state index contributed by atoms with van der Waals surface area (Å²) >= 11 is 1.24. The molecule has 5 heterocycles. The molecule has 3 fully saturated rings. The zero-order valence-corrected chi connectivity index (χ0v) is 27.1. The first-order valence-electron chi connectivity index (χ1n) is 14.8. The molecule has 6 rings (SSSR count). The van der Waals surface area contributed by atoms with Crippen LogP contribution in [0.3, 0.4) is 0 Å². The smallest absolute Gasteiger partial charge is 0.475 e. The number of rotatable bonds is 4. The Labute approximate surface area is 274 Å². The number of amides is 3. The van der Waals surface area contributed by atoms with Gasteiger partial charge in [0.15, 0.2) is 0 Å². The Morgan fingerprint density at radius 1 is 1.04 bits per heavy atom. The van der Waals surface area contributed by atoms with Gasteiger partial charge in [-0.3, -0.25) is 24.3 Å². The number of thiophene rings is 1. The van der Waals surface area contributed by atoms with Crippen molar-refractivity contribution in [2.45, 2.75) is 65.6 Å². The number of halogens is 6. The first-order chi connectivity index (χ1) is 22.2. The number of nitrogens with one attached hydrogen (secondary N) is 1. The summed E-state index contributed by atoms with van der Waals surface area (Å²) < 4.78 is 74.1. The summed E-state index contributed by atoms with van der Waals surface area (Å²) in [6, 6.07) is 3.89. The maximum Gasteiger partial charge on any atom is 0.490 e. The molecular formula is C31H31F6N5O5S. The molecule has 3 aliphatic rings. The molecule has 10 nitrogen and oxygen atoms in total. The van der Waals surface area contributed by atoms with E-state index < -0.39 is 24.0 Å². The van der Waals surface area contributed by atoms with Gasteiger partial charge in [0.25, 0.3) is 5.91 Å². The number of aromatic nitrogens is 2. The van der Waals surface area contributed by atoms with Crippen molar-refractivity contribution in [3.63, 3.8) is 0 Å². The van der Waals surface area contributed by atoms with Crippen LogP contribution in [0.1, 0.15) is 54.2 Å². The number of hydrogen-bond acceptors (Lipinski definition) is 8. The molecule has 48 heavy (non-hydrogen) atoms. The van der Waals surface area contributed by atoms with Crippen molar-refractivity contribution in [3.05, 3.63) is 46.1 Å². The lowest BCUT2D eigenvalue weighted by atomic mass is 9.97. The fraction of sp³-hybridized carbons (Fsp3) is 0.484. The largest absolute Gasteiger partial charge is 0.490 e. The second-order valence-electron chi connectivity index (χ2n) is 12.7. The van der Waals surface area contributed by atoms with Crippen molar-refractivity contribution in [1.29, 1.82) is 0 Å². The van der Waals surface area contributed by atoms with Crippen LogP contribution < -0.4 is 5.32 Å². The molecule has 3 aromatic rings. The highest BCUT2D eigenvalue weighted by molar-refractivity contribution is 7.19. The zero-order valence-electron chi connectivity index (χ0n) is 26.3. The van der Waals surface area contributed by atoms with Crippen LogP contribution in [0.2, 0.25) is 0 Å². The van der Waals surface area contributed by atoms with Crippen LogP contribution in [-0.4, -0.2) is 79.9 Å². The third-order valence-corrected chi connectivity index (χ3v) is 10.1. The average molecular weight is 700 g/mol. The number of alkyl halides is 6. The van der Waals surface area contributed by atoms with Crippen molar-refractivity contribution >= 4 is 45.2 Å². The van der Waals surface area contributed by atoms with Gasteiger partial charge in [-0.15, -0.1) is 11.3 Å². The number of piperazine rings is 1. The van der Waals surface area contributed by atoms with Crippen LogP contribution in [0.5, 0.6) is 0 Å². The minimum Gasteiger partial charge on any atom is -0.475 e. The molecule has 3 amide bonds. The molecule has 0 radical (unpaired) electrons. The van der Waals surface area contributed by atoms with E-state index in [2.05, 4.69) is 15.3 Å². The number of nitrogens with zero attached hydrogens (tertiary/aromatic N) is 4. The molecule has 3 aromatic heterocycles. The highest BCUT2D eigenvalue weighted by atomic mass is 32.1. The van der Waals surface area contributed by atoms with Gasteiger partial charge in [-0.2, -0.15) is 26.3 Å². The van der Waals surface area contributed by atoms with E-state index in [1.807, 2.05) is 27.7 Å². The highest BCUT2D eigenvalue weighted by Gasteiger charge is 2.72. The molecule has 0 spiro atoms. The highest BCUT2D eigenvalue weighted by Crippen LogP contribution is 2.63. The summed E-state index contributed by atoms with van der Waals surface area (Å²) in [5, 5.41) is 10.4. The summed E-state index contributed by atoms with van der Waals surface area (Å²) in [7, 11) is 0. The number of piperidine rings is 1. The predicted molar refractivity (Wildman–Crippen MR) is 161 cm³/mol. The Kier molecular flexibility index (Phi) is 8.86. The van der Waals surface area contributed by atoms with Crippen molar-refractivity contribution < 1.29 is 50.6 Å². The number of carbonyl (C=O) groups excluding carboxylic acids is 3. The first-order valence-corrected chi connectivity index (χ1v) is 15.6. The van der Waals surface area contributed by atoms with Crippen molar-refractivity contribution in [2.75, 3.05) is 13.1 Å². The van der Waals surface area contributed by atoms with Gasteiger partial charge in [0.1, 0.15) is 5.69 Å². The van der Waals surface area contributed by atoms with Crippen LogP contribution in [0.15, 0.2) is 24.4 Å². The van der Waals surface area contributed by atoms with Crippen molar-refractivity contribution in [2.24, 2.45) is 17.3 Å². The fourth-order valence-corrected chi connectivity index (χ4v) is 7.63. The number of fused-ring (bicyclic) bond motifs is 2. The molecule has 1 saturated carbocycles. The maximum absolute atomic E-state index is 14.0. The quantitative estimate of drug-likeness (QED) is 0.278. The van der Waals surface area contributed by atoms with Crippen LogP contribution in [0.25, 0.3) is 21.5 Å². The predicted octanol–water partition coefficient (Wildman–Crippen LogP) is 5.28. The number of aryl methyl sites for hydroxylation is 1. The van der Waals surface area contributed by atoms with E-state index in [9.17, 15) is 40.7 Å². The lowest BCUT2D eigenvalue weighted by molar-refractivity contribution is -0.192. The summed E-state index contributed by atoms with van der Waals surface area (Å²) in [6.45, 7) is 10.3. The molecule has 17 heteroatoms. The molecule has 1 aliphatic carbocycles. The summed E-state index contributed by atoms with van der Waals surface area (Å²) in [5.41, 5.74) is -0.323. The lowest BCUT2D eigenvalue weighted by Gasteiger charge is -2.40. The molecule has 0 aromatic carbocycles. The Balaban J connectivity index is 0.000000582. The lowest BCUT2D eigenvalue weighted by Crippen LogP contribution is -2.57. The van der Waals surface area contributed by atoms with Crippen molar-refractivity contribution in [1.82, 2.24) is 25.1 Å². The third-order valence-electron chi connectivity index (χ3n) is 8.95. The Bertz CT molecular complexity index is 1790. The molecular weight excluding hydrogens is 668 g/mol. The molecule has 2 N–H and O–H groups in total. The Hall–Kier alpha value is -4.12. The van der Waals surface area contributed by atoms with E-state index in [1.54, 1.807) is 17.0 Å². The van der Waals surface area contributed by atoms with Gasteiger partial charge in [0.05, 0.1) is 39.9 Å². The van der Waals surface area contributed by atoms with Crippen LogP contribution in [0.4, 0.5) is 26.3 Å². The van der Waals surface area contributed by atoms with Gasteiger partial charge in [-0.25, -0.2) is 9.78 Å². The van der Waals surface area contributed by atoms with E-state index >= 15 is 0 Å². The van der Waals surface area contributed by atoms with Crippen LogP contribution >= 0.6 is 11.3 Å². The second kappa shape index (κ2) is 12.1. The number of imide groups is 1. The van der Waals surface area contributed by atoms with Gasteiger partial charge in [-0.1, -0.05) is 13.8 Å². The number of carboxylic acid groups (broad SMARTS) is 1. The normalized spacial score (nSPS) is 23.6. The summed E-state index contributed by atoms with van der Waals surface area (Å²) in [5.74, 6) is -4.14. The number of pyridine rings is 2. The van der Waals surface area contributed by atoms with E-state index in [0.29, 0.717) is 33.7 Å². The van der Waals surface area contributed by atoms with Gasteiger partial charge in [0, 0.05) is 41.8 Å². The fourth-order valence-electron chi connectivity index (χ4n) is 6.51. The first kappa shape index (κ1) is 35.2. The zero-order chi connectivity index (χ0) is 35.7. The van der Waals surface area contributed by atoms with Gasteiger partial charge >= 0.3 is 18.3 Å². The maximum atomic E-state index is 14.0. The van der Waals surface area contributed by atoms with Gasteiger partial charge in [0.2, 0.25) is 11.8 Å². The number of carboxylic acids is 1. The number of aliphatic carboxylic acids is 1. The van der Waals surface area contributed by atoms with E-state index in [-0.39, 0.29) is 70.4 Å². The number of likely N-dealkylation sites (tertiary alicyclic amines) is 1. The van der Waals surface area contributed by atoms with Gasteiger partial charge in [-0.05, 0) is 49.9 Å². The summed E-state index contributed by atoms with van der Waals surface area (Å²) in [6.07, 6.45) is -8.33. The Morgan fingerprint density at radius 2 is 1.60 bits per heavy atom. The summed E-state index contributed by atoms with van der Waals surface area (Å²) in [4.78, 5) is 60.8. The molecule has 2 unspecified atom stereocenters. The van der Waals surface area contributed by atoms with Crippen LogP contribution in [0, 0.1) is 24.2 Å².